The normalized spacial score (nSPS) is 13.1. The molecule has 0 unspecified atom stereocenters. The number of para-hydroxylation sites is 1. The van der Waals surface area contributed by atoms with E-state index < -0.39 is 0 Å². The third kappa shape index (κ3) is 6.99. The van der Waals surface area contributed by atoms with Gasteiger partial charge in [0.15, 0.2) is 0 Å². The zero-order chi connectivity index (χ0) is 24.3. The van der Waals surface area contributed by atoms with Gasteiger partial charge in [-0.2, -0.15) is 0 Å². The molecule has 1 heterocycles. The number of pyridine rings is 1. The summed E-state index contributed by atoms with van der Waals surface area (Å²) in [7, 11) is 0. The first-order valence-electron chi connectivity index (χ1n) is 12.6. The molecule has 34 heavy (non-hydrogen) atoms. The van der Waals surface area contributed by atoms with Crippen LogP contribution in [0.5, 0.6) is 0 Å². The molecule has 0 N–H and O–H groups in total. The van der Waals surface area contributed by atoms with E-state index in [4.69, 9.17) is 9.72 Å². The number of unbranched alkanes of at least 4 members (excludes halogenated alkanes) is 2. The largest absolute Gasteiger partial charge is 0.466 e. The van der Waals surface area contributed by atoms with Crippen molar-refractivity contribution in [3.05, 3.63) is 71.7 Å². The highest BCUT2D eigenvalue weighted by Gasteiger charge is 2.29. The fourth-order valence-electron chi connectivity index (χ4n) is 3.98. The number of carbonyl (C=O) groups is 1. The topological polar surface area (TPSA) is 39.2 Å². The summed E-state index contributed by atoms with van der Waals surface area (Å²) in [5.41, 5.74) is 5.38. The van der Waals surface area contributed by atoms with Crippen LogP contribution in [0.1, 0.15) is 82.9 Å². The number of hydrogen-bond donors (Lipinski definition) is 0. The summed E-state index contributed by atoms with van der Waals surface area (Å²) in [6.45, 7) is 6.51. The molecule has 4 rings (SSSR count). The van der Waals surface area contributed by atoms with Crippen LogP contribution in [0.2, 0.25) is 0 Å². The van der Waals surface area contributed by atoms with Gasteiger partial charge in [0.05, 0.1) is 17.8 Å². The van der Waals surface area contributed by atoms with Gasteiger partial charge in [-0.15, -0.1) is 0 Å². The number of fused-ring (bicyclic) bond motifs is 1. The fourth-order valence-corrected chi connectivity index (χ4v) is 3.98. The van der Waals surface area contributed by atoms with E-state index in [-0.39, 0.29) is 11.8 Å². The zero-order valence-electron chi connectivity index (χ0n) is 20.6. The monoisotopic (exact) mass is 461 g/mol. The Morgan fingerprint density at radius 1 is 1.06 bits per heavy atom. The third-order valence-corrected chi connectivity index (χ3v) is 5.65. The standard InChI is InChI=1S/C27H28FNO2.C3H8/c1-2-31-25(30)12-6-4-3-5-10-23-26(19-15-17-21(28)18-16-19)22-9-7-8-11-24(22)29-27(23)20-13-14-20;1-3-2/h5,7-11,15-18,20H,2-4,6,12-14H2,1H3;3H2,1-2H3/b10-5+;. The molecule has 3 nitrogen and oxygen atoms in total. The number of nitrogens with zero attached hydrogens (tertiary/aromatic N) is 1. The number of esters is 1. The third-order valence-electron chi connectivity index (χ3n) is 5.65. The maximum Gasteiger partial charge on any atom is 0.305 e. The highest BCUT2D eigenvalue weighted by molar-refractivity contribution is 5.99. The van der Waals surface area contributed by atoms with E-state index in [1.165, 1.54) is 18.6 Å². The Balaban J connectivity index is 0.00000103. The molecule has 4 heteroatoms. The lowest BCUT2D eigenvalue weighted by Gasteiger charge is -2.15. The van der Waals surface area contributed by atoms with E-state index in [9.17, 15) is 9.18 Å². The molecule has 0 radical (unpaired) electrons. The lowest BCUT2D eigenvalue weighted by atomic mass is 9.92. The van der Waals surface area contributed by atoms with Crippen molar-refractivity contribution in [2.24, 2.45) is 0 Å². The van der Waals surface area contributed by atoms with Gasteiger partial charge in [-0.3, -0.25) is 9.78 Å². The summed E-state index contributed by atoms with van der Waals surface area (Å²) in [4.78, 5) is 16.5. The number of ether oxygens (including phenoxy) is 1. The van der Waals surface area contributed by atoms with Crippen molar-refractivity contribution in [1.82, 2.24) is 4.98 Å². The van der Waals surface area contributed by atoms with Gasteiger partial charge < -0.3 is 4.74 Å². The van der Waals surface area contributed by atoms with E-state index in [1.807, 2.05) is 31.2 Å². The molecular formula is C30H36FNO2. The van der Waals surface area contributed by atoms with Crippen LogP contribution in [0.4, 0.5) is 4.39 Å². The predicted octanol–water partition coefficient (Wildman–Crippen LogP) is 8.47. The van der Waals surface area contributed by atoms with Gasteiger partial charge in [0.25, 0.3) is 0 Å². The summed E-state index contributed by atoms with van der Waals surface area (Å²) in [6.07, 6.45) is 11.0. The first kappa shape index (κ1) is 25.6. The van der Waals surface area contributed by atoms with Gasteiger partial charge in [0, 0.05) is 28.9 Å². The van der Waals surface area contributed by atoms with Gasteiger partial charge in [0.2, 0.25) is 0 Å². The Morgan fingerprint density at radius 3 is 2.44 bits per heavy atom. The molecule has 0 aliphatic heterocycles. The molecule has 1 fully saturated rings. The molecule has 0 spiro atoms. The second kappa shape index (κ2) is 13.0. The number of carbonyl (C=O) groups excluding carboxylic acids is 1. The van der Waals surface area contributed by atoms with Gasteiger partial charge in [-0.1, -0.05) is 62.8 Å². The quantitative estimate of drug-likeness (QED) is 0.237. The van der Waals surface area contributed by atoms with Crippen molar-refractivity contribution in [3.63, 3.8) is 0 Å². The average Bonchev–Trinajstić information content (AvgIpc) is 3.67. The minimum atomic E-state index is -0.233. The van der Waals surface area contributed by atoms with Crippen LogP contribution in [0, 0.1) is 5.82 Å². The van der Waals surface area contributed by atoms with Crippen molar-refractivity contribution in [2.75, 3.05) is 6.61 Å². The van der Waals surface area contributed by atoms with E-state index >= 15 is 0 Å². The Labute approximate surface area is 203 Å². The summed E-state index contributed by atoms with van der Waals surface area (Å²) in [6, 6.07) is 14.9. The van der Waals surface area contributed by atoms with E-state index in [2.05, 4.69) is 38.1 Å². The Hall–Kier alpha value is -3.01. The molecule has 0 amide bonds. The van der Waals surface area contributed by atoms with Crippen LogP contribution >= 0.6 is 0 Å². The number of hydrogen-bond acceptors (Lipinski definition) is 3. The number of aromatic nitrogens is 1. The number of allylic oxidation sites excluding steroid dienone is 1. The van der Waals surface area contributed by atoms with Gasteiger partial charge in [-0.05, 0) is 62.8 Å². The van der Waals surface area contributed by atoms with Crippen molar-refractivity contribution < 1.29 is 13.9 Å². The van der Waals surface area contributed by atoms with E-state index in [0.29, 0.717) is 18.9 Å². The first-order valence-corrected chi connectivity index (χ1v) is 12.6. The fraction of sp³-hybridized carbons (Fsp3) is 0.400. The average molecular weight is 462 g/mol. The second-order valence-corrected chi connectivity index (χ2v) is 8.74. The first-order chi connectivity index (χ1) is 16.6. The molecule has 3 aromatic rings. The lowest BCUT2D eigenvalue weighted by molar-refractivity contribution is -0.143. The second-order valence-electron chi connectivity index (χ2n) is 8.74. The molecule has 180 valence electrons. The maximum atomic E-state index is 13.6. The maximum absolute atomic E-state index is 13.6. The van der Waals surface area contributed by atoms with E-state index in [1.54, 1.807) is 0 Å². The van der Waals surface area contributed by atoms with Crippen molar-refractivity contribution in [3.8, 4) is 11.1 Å². The Bertz CT molecular complexity index is 1100. The highest BCUT2D eigenvalue weighted by Crippen LogP contribution is 2.45. The molecule has 0 saturated heterocycles. The predicted molar refractivity (Wildman–Crippen MR) is 139 cm³/mol. The Kier molecular flexibility index (Phi) is 9.81. The van der Waals surface area contributed by atoms with Crippen molar-refractivity contribution >= 4 is 22.9 Å². The molecule has 0 atom stereocenters. The van der Waals surface area contributed by atoms with Crippen LogP contribution in [-0.2, 0) is 9.53 Å². The van der Waals surface area contributed by atoms with Gasteiger partial charge >= 0.3 is 5.97 Å². The van der Waals surface area contributed by atoms with Crippen LogP contribution in [0.25, 0.3) is 28.1 Å². The molecule has 0 bridgehead atoms. The van der Waals surface area contributed by atoms with Crippen LogP contribution in [0.15, 0.2) is 54.6 Å². The van der Waals surface area contributed by atoms with E-state index in [0.717, 1.165) is 65.4 Å². The number of benzene rings is 2. The van der Waals surface area contributed by atoms with Gasteiger partial charge in [0.1, 0.15) is 5.82 Å². The van der Waals surface area contributed by atoms with Crippen LogP contribution < -0.4 is 0 Å². The molecule has 1 saturated carbocycles. The summed E-state index contributed by atoms with van der Waals surface area (Å²) in [5, 5.41) is 1.08. The minimum Gasteiger partial charge on any atom is -0.466 e. The minimum absolute atomic E-state index is 0.125. The van der Waals surface area contributed by atoms with Gasteiger partial charge in [-0.25, -0.2) is 4.39 Å². The SMILES string of the molecule is CCC.CCOC(=O)CCCC/C=C/c1c(C2CC2)nc2ccccc2c1-c1ccc(F)cc1. The highest BCUT2D eigenvalue weighted by atomic mass is 19.1. The lowest BCUT2D eigenvalue weighted by Crippen LogP contribution is -2.02. The van der Waals surface area contributed by atoms with Crippen LogP contribution in [-0.4, -0.2) is 17.6 Å². The molecule has 1 aliphatic carbocycles. The van der Waals surface area contributed by atoms with Crippen molar-refractivity contribution in [2.45, 2.75) is 71.6 Å². The molecule has 1 aliphatic rings. The molecule has 1 aromatic heterocycles. The smallest absolute Gasteiger partial charge is 0.305 e. The molecule has 2 aromatic carbocycles. The zero-order valence-corrected chi connectivity index (χ0v) is 20.6. The molecular weight excluding hydrogens is 425 g/mol. The van der Waals surface area contributed by atoms with Crippen molar-refractivity contribution in [1.29, 1.82) is 0 Å². The summed E-state index contributed by atoms with van der Waals surface area (Å²) in [5.74, 6) is 0.135. The summed E-state index contributed by atoms with van der Waals surface area (Å²) < 4.78 is 18.6. The Morgan fingerprint density at radius 2 is 1.76 bits per heavy atom. The van der Waals surface area contributed by atoms with Crippen LogP contribution in [0.3, 0.4) is 0 Å². The number of halogens is 1. The number of rotatable bonds is 9. The summed E-state index contributed by atoms with van der Waals surface area (Å²) >= 11 is 0.